The van der Waals surface area contributed by atoms with Crippen molar-refractivity contribution in [2.45, 2.75) is 19.5 Å². The summed E-state index contributed by atoms with van der Waals surface area (Å²) < 4.78 is 10.7. The van der Waals surface area contributed by atoms with Gasteiger partial charge in [-0.3, -0.25) is 19.8 Å². The average Bonchev–Trinajstić information content (AvgIpc) is 3.22. The number of furan rings is 1. The van der Waals surface area contributed by atoms with E-state index in [4.69, 9.17) is 9.15 Å². The lowest BCUT2D eigenvalue weighted by Crippen LogP contribution is -2.35. The van der Waals surface area contributed by atoms with Crippen LogP contribution in [0.4, 0.5) is 5.69 Å². The molecule has 1 N–H and O–H groups in total. The number of non-ortho nitro benzene ring substituents is 1. The first-order valence-electron chi connectivity index (χ1n) is 8.75. The maximum Gasteiger partial charge on any atom is 0.273 e. The summed E-state index contributed by atoms with van der Waals surface area (Å²) in [6.07, 6.45) is 2.10. The maximum atomic E-state index is 12.4. The molecule has 2 aromatic heterocycles. The second-order valence-electron chi connectivity index (χ2n) is 6.53. The Morgan fingerprint density at radius 2 is 2.25 bits per heavy atom. The first kappa shape index (κ1) is 17.9. The van der Waals surface area contributed by atoms with Gasteiger partial charge in [-0.2, -0.15) is 0 Å². The van der Waals surface area contributed by atoms with Crippen LogP contribution in [0.25, 0.3) is 11.6 Å². The number of H-pyrrole nitrogens is 1. The lowest BCUT2D eigenvalue weighted by Gasteiger charge is -2.28. The van der Waals surface area contributed by atoms with Crippen molar-refractivity contribution in [3.8, 4) is 17.3 Å². The minimum Gasteiger partial charge on any atom is -0.496 e. The van der Waals surface area contributed by atoms with Crippen LogP contribution >= 0.6 is 0 Å². The minimum absolute atomic E-state index is 0.0131. The van der Waals surface area contributed by atoms with E-state index < -0.39 is 4.92 Å². The number of benzene rings is 1. The van der Waals surface area contributed by atoms with Crippen molar-refractivity contribution in [1.82, 2.24) is 14.9 Å². The highest BCUT2D eigenvalue weighted by Crippen LogP contribution is 2.27. The van der Waals surface area contributed by atoms with Crippen LogP contribution in [0.3, 0.4) is 0 Å². The molecule has 1 aliphatic heterocycles. The second kappa shape index (κ2) is 7.28. The first-order valence-corrected chi connectivity index (χ1v) is 8.75. The summed E-state index contributed by atoms with van der Waals surface area (Å²) in [6, 6.07) is 8.07. The molecule has 0 radical (unpaired) electrons. The highest BCUT2D eigenvalue weighted by atomic mass is 16.6. The molecular formula is C19H18N4O5. The molecule has 1 aromatic carbocycles. The van der Waals surface area contributed by atoms with Gasteiger partial charge >= 0.3 is 0 Å². The van der Waals surface area contributed by atoms with E-state index in [-0.39, 0.29) is 11.2 Å². The molecule has 0 atom stereocenters. The number of nitrogens with one attached hydrogen (secondary N) is 1. The number of aromatic amines is 1. The molecule has 144 valence electrons. The van der Waals surface area contributed by atoms with E-state index in [1.165, 1.54) is 25.5 Å². The van der Waals surface area contributed by atoms with Crippen molar-refractivity contribution >= 4 is 5.69 Å². The van der Waals surface area contributed by atoms with Crippen LogP contribution in [0.5, 0.6) is 5.75 Å². The van der Waals surface area contributed by atoms with Gasteiger partial charge in [0.05, 0.1) is 30.1 Å². The number of methoxy groups -OCH3 is 1. The average molecular weight is 382 g/mol. The van der Waals surface area contributed by atoms with Crippen LogP contribution in [-0.4, -0.2) is 33.4 Å². The van der Waals surface area contributed by atoms with Gasteiger partial charge in [-0.25, -0.2) is 4.98 Å². The fraction of sp³-hybridized carbons (Fsp3) is 0.263. The molecule has 0 spiro atoms. The molecule has 9 heteroatoms. The summed E-state index contributed by atoms with van der Waals surface area (Å²) in [7, 11) is 1.49. The van der Waals surface area contributed by atoms with Gasteiger partial charge in [-0.1, -0.05) is 0 Å². The van der Waals surface area contributed by atoms with Crippen LogP contribution in [0.2, 0.25) is 0 Å². The van der Waals surface area contributed by atoms with Gasteiger partial charge in [0.1, 0.15) is 5.75 Å². The molecule has 0 fully saturated rings. The summed E-state index contributed by atoms with van der Waals surface area (Å²) in [4.78, 5) is 32.4. The number of nitro groups is 1. The number of hydrogen-bond donors (Lipinski definition) is 1. The fourth-order valence-electron chi connectivity index (χ4n) is 3.38. The predicted molar refractivity (Wildman–Crippen MR) is 100 cm³/mol. The zero-order valence-corrected chi connectivity index (χ0v) is 15.2. The van der Waals surface area contributed by atoms with E-state index in [9.17, 15) is 14.9 Å². The number of aromatic nitrogens is 2. The SMILES string of the molecule is COc1cc([N+](=O)[O-])ccc1CN1CCc2c(nc(-c3ccco3)[nH]c2=O)C1. The standard InChI is InChI=1S/C19H18N4O5/c1-27-17-9-13(23(25)26)5-4-12(17)10-22-7-6-14-15(11-22)20-18(21-19(14)24)16-3-2-8-28-16/h2-5,8-9H,6-7,10-11H2,1H3,(H,20,21,24). The van der Waals surface area contributed by atoms with Crippen molar-refractivity contribution in [2.75, 3.05) is 13.7 Å². The van der Waals surface area contributed by atoms with E-state index in [2.05, 4.69) is 14.9 Å². The van der Waals surface area contributed by atoms with Gasteiger partial charge in [0.25, 0.3) is 11.2 Å². The highest BCUT2D eigenvalue weighted by Gasteiger charge is 2.23. The fourth-order valence-corrected chi connectivity index (χ4v) is 3.38. The van der Waals surface area contributed by atoms with Crippen LogP contribution < -0.4 is 10.3 Å². The Kier molecular flexibility index (Phi) is 4.66. The molecule has 1 aliphatic rings. The molecule has 28 heavy (non-hydrogen) atoms. The monoisotopic (exact) mass is 382 g/mol. The molecular weight excluding hydrogens is 364 g/mol. The summed E-state index contributed by atoms with van der Waals surface area (Å²) in [6.45, 7) is 1.70. The summed E-state index contributed by atoms with van der Waals surface area (Å²) >= 11 is 0. The van der Waals surface area contributed by atoms with E-state index in [0.717, 1.165) is 5.56 Å². The largest absolute Gasteiger partial charge is 0.496 e. The highest BCUT2D eigenvalue weighted by molar-refractivity contribution is 5.47. The summed E-state index contributed by atoms with van der Waals surface area (Å²) in [5.74, 6) is 1.38. The van der Waals surface area contributed by atoms with E-state index in [0.29, 0.717) is 54.6 Å². The van der Waals surface area contributed by atoms with Crippen LogP contribution in [0, 0.1) is 10.1 Å². The van der Waals surface area contributed by atoms with Crippen LogP contribution in [-0.2, 0) is 19.5 Å². The molecule has 3 heterocycles. The normalized spacial score (nSPS) is 13.9. The summed E-state index contributed by atoms with van der Waals surface area (Å²) in [5, 5.41) is 11.0. The zero-order chi connectivity index (χ0) is 19.7. The minimum atomic E-state index is -0.449. The molecule has 4 rings (SSSR count). The van der Waals surface area contributed by atoms with Crippen molar-refractivity contribution in [2.24, 2.45) is 0 Å². The van der Waals surface area contributed by atoms with Gasteiger partial charge in [-0.15, -0.1) is 0 Å². The lowest BCUT2D eigenvalue weighted by molar-refractivity contribution is -0.384. The van der Waals surface area contributed by atoms with Gasteiger partial charge in [0, 0.05) is 36.8 Å². The lowest BCUT2D eigenvalue weighted by atomic mass is 10.0. The third kappa shape index (κ3) is 3.39. The van der Waals surface area contributed by atoms with Crippen molar-refractivity contribution in [3.63, 3.8) is 0 Å². The Labute approximate surface area is 159 Å². The Morgan fingerprint density at radius 1 is 1.39 bits per heavy atom. The first-order chi connectivity index (χ1) is 13.5. The number of hydrogen-bond acceptors (Lipinski definition) is 7. The van der Waals surface area contributed by atoms with Gasteiger partial charge in [0.2, 0.25) is 0 Å². The topological polar surface area (TPSA) is 114 Å². The molecule has 3 aromatic rings. The third-order valence-corrected chi connectivity index (χ3v) is 4.78. The smallest absolute Gasteiger partial charge is 0.273 e. The quantitative estimate of drug-likeness (QED) is 0.532. The van der Waals surface area contributed by atoms with Crippen molar-refractivity contribution in [3.05, 3.63) is 73.9 Å². The van der Waals surface area contributed by atoms with Crippen LogP contribution in [0.1, 0.15) is 16.8 Å². The van der Waals surface area contributed by atoms with E-state index >= 15 is 0 Å². The zero-order valence-electron chi connectivity index (χ0n) is 15.2. The molecule has 0 bridgehead atoms. The third-order valence-electron chi connectivity index (χ3n) is 4.78. The van der Waals surface area contributed by atoms with Crippen LogP contribution in [0.15, 0.2) is 45.8 Å². The molecule has 0 aliphatic carbocycles. The summed E-state index contributed by atoms with van der Waals surface area (Å²) in [5.41, 5.74) is 2.07. The Morgan fingerprint density at radius 3 is 2.96 bits per heavy atom. The second-order valence-corrected chi connectivity index (χ2v) is 6.53. The number of ether oxygens (including phenoxy) is 1. The molecule has 0 saturated heterocycles. The van der Waals surface area contributed by atoms with Gasteiger partial charge in [0.15, 0.2) is 11.6 Å². The number of rotatable bonds is 5. The predicted octanol–water partition coefficient (Wildman–Crippen LogP) is 2.50. The molecule has 0 unspecified atom stereocenters. The van der Waals surface area contributed by atoms with Gasteiger partial charge in [-0.05, 0) is 24.6 Å². The Balaban J connectivity index is 1.59. The molecule has 0 amide bonds. The van der Waals surface area contributed by atoms with Crippen molar-refractivity contribution < 1.29 is 14.1 Å². The Bertz CT molecular complexity index is 1070. The molecule has 9 nitrogen and oxygen atoms in total. The van der Waals surface area contributed by atoms with E-state index in [1.807, 2.05) is 0 Å². The number of nitro benzene ring substituents is 1. The van der Waals surface area contributed by atoms with Gasteiger partial charge < -0.3 is 14.1 Å². The Hall–Kier alpha value is -3.46. The number of fused-ring (bicyclic) bond motifs is 1. The molecule has 0 saturated carbocycles. The maximum absolute atomic E-state index is 12.4. The van der Waals surface area contributed by atoms with E-state index in [1.54, 1.807) is 18.2 Å². The number of nitrogens with zero attached hydrogens (tertiary/aromatic N) is 3. The van der Waals surface area contributed by atoms with Crippen molar-refractivity contribution in [1.29, 1.82) is 0 Å².